The summed E-state index contributed by atoms with van der Waals surface area (Å²) in [5.74, 6) is -0.131. The Hall–Kier alpha value is -0.640. The van der Waals surface area contributed by atoms with Gasteiger partial charge in [-0.25, -0.2) is 4.39 Å². The predicted molar refractivity (Wildman–Crippen MR) is 56.2 cm³/mol. The van der Waals surface area contributed by atoms with Crippen LogP contribution >= 0.6 is 0 Å². The highest BCUT2D eigenvalue weighted by Gasteiger charge is 2.30. The molecule has 0 bridgehead atoms. The van der Waals surface area contributed by atoms with Crippen molar-refractivity contribution in [2.45, 2.75) is 51.3 Å². The number of aliphatic hydroxyl groups is 1. The number of hydrogen-bond acceptors (Lipinski definition) is 2. The topological polar surface area (TPSA) is 40.5 Å². The third-order valence-electron chi connectivity index (χ3n) is 2.80. The second-order valence-electron chi connectivity index (χ2n) is 4.65. The van der Waals surface area contributed by atoms with E-state index in [1.807, 2.05) is 6.92 Å². The Morgan fingerprint density at radius 1 is 1.67 bits per heavy atom. The Kier molecular flexibility index (Phi) is 4.08. The Morgan fingerprint density at radius 3 is 2.80 bits per heavy atom. The Bertz CT molecular complexity index is 231. The van der Waals surface area contributed by atoms with Crippen LogP contribution in [0.15, 0.2) is 0 Å². The molecular weight excluding hydrogens is 197 g/mol. The Morgan fingerprint density at radius 2 is 2.33 bits per heavy atom. The van der Waals surface area contributed by atoms with Gasteiger partial charge in [-0.3, -0.25) is 4.79 Å². The quantitative estimate of drug-likeness (QED) is 0.775. The van der Waals surface area contributed by atoms with Crippen LogP contribution in [0.5, 0.6) is 0 Å². The van der Waals surface area contributed by atoms with Gasteiger partial charge in [-0.1, -0.05) is 13.3 Å². The van der Waals surface area contributed by atoms with E-state index in [1.165, 1.54) is 4.90 Å². The van der Waals surface area contributed by atoms with Gasteiger partial charge in [-0.05, 0) is 19.8 Å². The average molecular weight is 217 g/mol. The van der Waals surface area contributed by atoms with E-state index in [4.69, 9.17) is 0 Å². The molecule has 15 heavy (non-hydrogen) atoms. The van der Waals surface area contributed by atoms with Crippen molar-refractivity contribution in [3.05, 3.63) is 0 Å². The molecular formula is C11H20FNO2. The van der Waals surface area contributed by atoms with E-state index in [1.54, 1.807) is 6.92 Å². The lowest BCUT2D eigenvalue weighted by Crippen LogP contribution is -2.36. The van der Waals surface area contributed by atoms with Crippen molar-refractivity contribution in [2.75, 3.05) is 13.1 Å². The minimum absolute atomic E-state index is 0.105. The highest BCUT2D eigenvalue weighted by atomic mass is 19.1. The smallest absolute Gasteiger partial charge is 0.225 e. The zero-order valence-electron chi connectivity index (χ0n) is 9.50. The molecule has 0 spiro atoms. The number of carbonyl (C=O) groups is 1. The number of likely N-dealkylation sites (tertiary alicyclic amines) is 1. The van der Waals surface area contributed by atoms with Crippen LogP contribution in [0.3, 0.4) is 0 Å². The molecule has 1 saturated heterocycles. The van der Waals surface area contributed by atoms with Crippen molar-refractivity contribution < 1.29 is 14.3 Å². The molecule has 2 atom stereocenters. The standard InChI is InChI=1S/C11H20FNO2/c1-3-5-11(2,15)7-10(14)13-6-4-9(12)8-13/h9,15H,3-8H2,1-2H3/t9-,11?/m1/s1. The summed E-state index contributed by atoms with van der Waals surface area (Å²) in [6.45, 7) is 4.31. The first-order valence-corrected chi connectivity index (χ1v) is 5.59. The summed E-state index contributed by atoms with van der Waals surface area (Å²) in [5.41, 5.74) is -0.944. The molecule has 0 saturated carbocycles. The third kappa shape index (κ3) is 3.78. The molecule has 88 valence electrons. The minimum Gasteiger partial charge on any atom is -0.390 e. The summed E-state index contributed by atoms with van der Waals surface area (Å²) < 4.78 is 12.9. The van der Waals surface area contributed by atoms with E-state index < -0.39 is 11.8 Å². The molecule has 1 heterocycles. The molecule has 0 aromatic heterocycles. The largest absolute Gasteiger partial charge is 0.390 e. The van der Waals surface area contributed by atoms with E-state index >= 15 is 0 Å². The van der Waals surface area contributed by atoms with Crippen molar-refractivity contribution in [3.63, 3.8) is 0 Å². The molecule has 1 unspecified atom stereocenters. The van der Waals surface area contributed by atoms with Crippen LogP contribution < -0.4 is 0 Å². The fraction of sp³-hybridized carbons (Fsp3) is 0.909. The van der Waals surface area contributed by atoms with Crippen molar-refractivity contribution in [1.29, 1.82) is 0 Å². The Balaban J connectivity index is 2.41. The molecule has 1 N–H and O–H groups in total. The zero-order valence-corrected chi connectivity index (χ0v) is 9.50. The average Bonchev–Trinajstić information content (AvgIpc) is 2.50. The number of hydrogen-bond donors (Lipinski definition) is 1. The fourth-order valence-corrected chi connectivity index (χ4v) is 2.01. The normalized spacial score (nSPS) is 25.3. The summed E-state index contributed by atoms with van der Waals surface area (Å²) in [7, 11) is 0. The monoisotopic (exact) mass is 217 g/mol. The number of nitrogens with zero attached hydrogens (tertiary/aromatic N) is 1. The third-order valence-corrected chi connectivity index (χ3v) is 2.80. The van der Waals surface area contributed by atoms with Gasteiger partial charge < -0.3 is 10.0 Å². The van der Waals surface area contributed by atoms with E-state index in [-0.39, 0.29) is 18.9 Å². The second-order valence-corrected chi connectivity index (χ2v) is 4.65. The SMILES string of the molecule is CCCC(C)(O)CC(=O)N1CC[C@@H](F)C1. The number of halogens is 1. The van der Waals surface area contributed by atoms with Gasteiger partial charge in [0.25, 0.3) is 0 Å². The lowest BCUT2D eigenvalue weighted by atomic mass is 9.96. The van der Waals surface area contributed by atoms with Crippen LogP contribution in [-0.4, -0.2) is 40.8 Å². The highest BCUT2D eigenvalue weighted by Crippen LogP contribution is 2.20. The Labute approximate surface area is 90.3 Å². The lowest BCUT2D eigenvalue weighted by Gasteiger charge is -2.25. The zero-order chi connectivity index (χ0) is 11.5. The number of rotatable bonds is 4. The summed E-state index contributed by atoms with van der Waals surface area (Å²) in [6.07, 6.45) is 1.09. The predicted octanol–water partition coefficient (Wildman–Crippen LogP) is 1.50. The van der Waals surface area contributed by atoms with Crippen LogP contribution in [0.4, 0.5) is 4.39 Å². The van der Waals surface area contributed by atoms with Crippen LogP contribution in [0.2, 0.25) is 0 Å². The fourth-order valence-electron chi connectivity index (χ4n) is 2.01. The molecule has 1 rings (SSSR count). The van der Waals surface area contributed by atoms with Crippen LogP contribution in [0, 0.1) is 0 Å². The highest BCUT2D eigenvalue weighted by molar-refractivity contribution is 5.77. The van der Waals surface area contributed by atoms with Gasteiger partial charge in [0.15, 0.2) is 0 Å². The second kappa shape index (κ2) is 4.92. The minimum atomic E-state index is -0.944. The van der Waals surface area contributed by atoms with Crippen molar-refractivity contribution in [1.82, 2.24) is 4.90 Å². The first-order chi connectivity index (χ1) is 6.94. The molecule has 3 nitrogen and oxygen atoms in total. The van der Waals surface area contributed by atoms with Crippen molar-refractivity contribution in [3.8, 4) is 0 Å². The van der Waals surface area contributed by atoms with Crippen LogP contribution in [0.1, 0.15) is 39.5 Å². The molecule has 1 amide bonds. The molecule has 1 aliphatic heterocycles. The maximum Gasteiger partial charge on any atom is 0.225 e. The molecule has 1 aliphatic rings. The molecule has 0 aromatic carbocycles. The van der Waals surface area contributed by atoms with Gasteiger partial charge >= 0.3 is 0 Å². The van der Waals surface area contributed by atoms with E-state index in [2.05, 4.69) is 0 Å². The molecule has 0 aliphatic carbocycles. The summed E-state index contributed by atoms with van der Waals surface area (Å²) in [5, 5.41) is 9.87. The summed E-state index contributed by atoms with van der Waals surface area (Å²) in [6, 6.07) is 0. The number of amides is 1. The maximum atomic E-state index is 12.9. The van der Waals surface area contributed by atoms with Gasteiger partial charge in [0, 0.05) is 6.54 Å². The van der Waals surface area contributed by atoms with Gasteiger partial charge in [0.2, 0.25) is 5.91 Å². The van der Waals surface area contributed by atoms with Gasteiger partial charge in [-0.2, -0.15) is 0 Å². The van der Waals surface area contributed by atoms with E-state index in [0.29, 0.717) is 19.4 Å². The summed E-state index contributed by atoms with van der Waals surface area (Å²) in [4.78, 5) is 13.2. The van der Waals surface area contributed by atoms with E-state index in [0.717, 1.165) is 6.42 Å². The van der Waals surface area contributed by atoms with Gasteiger partial charge in [0.05, 0.1) is 18.6 Å². The van der Waals surface area contributed by atoms with Crippen molar-refractivity contribution >= 4 is 5.91 Å². The molecule has 0 aromatic rings. The first-order valence-electron chi connectivity index (χ1n) is 5.59. The molecule has 0 radical (unpaired) electrons. The van der Waals surface area contributed by atoms with Crippen LogP contribution in [0.25, 0.3) is 0 Å². The van der Waals surface area contributed by atoms with Gasteiger partial charge in [0.1, 0.15) is 6.17 Å². The molecule has 1 fully saturated rings. The first kappa shape index (κ1) is 12.4. The molecule has 4 heteroatoms. The van der Waals surface area contributed by atoms with E-state index in [9.17, 15) is 14.3 Å². The maximum absolute atomic E-state index is 12.9. The summed E-state index contributed by atoms with van der Waals surface area (Å²) >= 11 is 0. The lowest BCUT2D eigenvalue weighted by molar-refractivity contribution is -0.135. The van der Waals surface area contributed by atoms with Gasteiger partial charge in [-0.15, -0.1) is 0 Å². The van der Waals surface area contributed by atoms with Crippen LogP contribution in [-0.2, 0) is 4.79 Å². The van der Waals surface area contributed by atoms with Crippen molar-refractivity contribution in [2.24, 2.45) is 0 Å². The number of alkyl halides is 1. The number of carbonyl (C=O) groups excluding carboxylic acids is 1.